The molecule has 2 N–H and O–H groups in total. The minimum absolute atomic E-state index is 0.0891. The highest BCUT2D eigenvalue weighted by molar-refractivity contribution is 9.10. The number of nitrogens with two attached hydrogens (primary N) is 1. The van der Waals surface area contributed by atoms with Crippen LogP contribution in [0, 0.1) is 0 Å². The van der Waals surface area contributed by atoms with Gasteiger partial charge >= 0.3 is 0 Å². The maximum atomic E-state index is 13.5. The molecule has 1 atom stereocenters. The number of nitrogens with zero attached hydrogens (tertiary/aromatic N) is 2. The summed E-state index contributed by atoms with van der Waals surface area (Å²) >= 11 is 3.42. The van der Waals surface area contributed by atoms with Crippen LogP contribution in [0.2, 0.25) is 0 Å². The van der Waals surface area contributed by atoms with Gasteiger partial charge in [0, 0.05) is 30.7 Å². The SMILES string of the molecule is CC(C(N)=O)(C(=O)N1CCN(C(=O)c2ccccc2Br)CC1)c1ccc(-c2ccccc2)cc1. The molecule has 0 bridgehead atoms. The second-order valence-corrected chi connectivity index (χ2v) is 9.35. The molecule has 4 rings (SSSR count). The Kier molecular flexibility index (Phi) is 6.84. The highest BCUT2D eigenvalue weighted by Gasteiger charge is 2.44. The molecule has 6 nitrogen and oxygen atoms in total. The van der Waals surface area contributed by atoms with E-state index in [2.05, 4.69) is 15.9 Å². The topological polar surface area (TPSA) is 83.7 Å². The van der Waals surface area contributed by atoms with Crippen molar-refractivity contribution in [3.8, 4) is 11.1 Å². The van der Waals surface area contributed by atoms with Gasteiger partial charge < -0.3 is 15.5 Å². The lowest BCUT2D eigenvalue weighted by molar-refractivity contribution is -0.144. The molecule has 3 aromatic rings. The van der Waals surface area contributed by atoms with Gasteiger partial charge in [0.15, 0.2) is 0 Å². The van der Waals surface area contributed by atoms with Gasteiger partial charge in [-0.2, -0.15) is 0 Å². The number of hydrogen-bond acceptors (Lipinski definition) is 3. The number of benzene rings is 3. The van der Waals surface area contributed by atoms with Crippen LogP contribution in [0.5, 0.6) is 0 Å². The van der Waals surface area contributed by atoms with Crippen LogP contribution in [0.15, 0.2) is 83.3 Å². The van der Waals surface area contributed by atoms with Crippen LogP contribution >= 0.6 is 15.9 Å². The van der Waals surface area contributed by atoms with Gasteiger partial charge in [0.1, 0.15) is 5.41 Å². The van der Waals surface area contributed by atoms with E-state index in [1.54, 1.807) is 34.9 Å². The standard InChI is InChI=1S/C27H26BrN3O3/c1-27(25(29)33,21-13-11-20(12-14-21)19-7-3-2-4-8-19)26(34)31-17-15-30(16-18-31)24(32)22-9-5-6-10-23(22)28/h2-14H,15-18H2,1H3,(H2,29,33). The van der Waals surface area contributed by atoms with E-state index < -0.39 is 11.3 Å². The molecular formula is C27H26BrN3O3. The third kappa shape index (κ3) is 4.48. The number of carbonyl (C=O) groups excluding carboxylic acids is 3. The predicted octanol–water partition coefficient (Wildman–Crippen LogP) is 3.84. The minimum atomic E-state index is -1.50. The number of primary amides is 1. The first-order valence-corrected chi connectivity index (χ1v) is 11.9. The Morgan fingerprint density at radius 2 is 1.29 bits per heavy atom. The van der Waals surface area contributed by atoms with Crippen molar-refractivity contribution in [3.63, 3.8) is 0 Å². The summed E-state index contributed by atoms with van der Waals surface area (Å²) in [6.45, 7) is 3.01. The van der Waals surface area contributed by atoms with Gasteiger partial charge in [-0.1, -0.05) is 66.7 Å². The van der Waals surface area contributed by atoms with E-state index in [-0.39, 0.29) is 11.8 Å². The molecule has 0 radical (unpaired) electrons. The Bertz CT molecular complexity index is 1210. The fourth-order valence-corrected chi connectivity index (χ4v) is 4.69. The summed E-state index contributed by atoms with van der Waals surface area (Å²) in [6.07, 6.45) is 0. The van der Waals surface area contributed by atoms with Crippen LogP contribution in [0.3, 0.4) is 0 Å². The van der Waals surface area contributed by atoms with E-state index in [0.717, 1.165) is 15.6 Å². The van der Waals surface area contributed by atoms with E-state index in [1.807, 2.05) is 60.7 Å². The summed E-state index contributed by atoms with van der Waals surface area (Å²) in [5.41, 5.74) is 7.45. The van der Waals surface area contributed by atoms with Crippen LogP contribution in [-0.4, -0.2) is 53.7 Å². The molecule has 0 saturated carbocycles. The van der Waals surface area contributed by atoms with Crippen molar-refractivity contribution in [2.75, 3.05) is 26.2 Å². The van der Waals surface area contributed by atoms with Crippen molar-refractivity contribution < 1.29 is 14.4 Å². The first-order chi connectivity index (χ1) is 16.3. The number of carbonyl (C=O) groups is 3. The second kappa shape index (κ2) is 9.81. The van der Waals surface area contributed by atoms with E-state index in [0.29, 0.717) is 37.3 Å². The molecule has 0 spiro atoms. The molecule has 1 fully saturated rings. The molecule has 0 aliphatic carbocycles. The largest absolute Gasteiger partial charge is 0.368 e. The molecule has 174 valence electrons. The zero-order valence-corrected chi connectivity index (χ0v) is 20.5. The molecule has 3 amide bonds. The number of rotatable bonds is 5. The van der Waals surface area contributed by atoms with Crippen molar-refractivity contribution in [1.29, 1.82) is 0 Å². The molecule has 1 aliphatic heterocycles. The Labute approximate surface area is 207 Å². The first kappa shape index (κ1) is 23.7. The van der Waals surface area contributed by atoms with Crippen LogP contribution in [-0.2, 0) is 15.0 Å². The van der Waals surface area contributed by atoms with E-state index >= 15 is 0 Å². The van der Waals surface area contributed by atoms with Crippen LogP contribution in [0.25, 0.3) is 11.1 Å². The summed E-state index contributed by atoms with van der Waals surface area (Å²) in [7, 11) is 0. The summed E-state index contributed by atoms with van der Waals surface area (Å²) in [6, 6.07) is 24.5. The van der Waals surface area contributed by atoms with E-state index in [4.69, 9.17) is 5.73 Å². The molecule has 1 aliphatic rings. The molecular weight excluding hydrogens is 494 g/mol. The molecule has 1 saturated heterocycles. The van der Waals surface area contributed by atoms with Crippen LogP contribution in [0.1, 0.15) is 22.8 Å². The van der Waals surface area contributed by atoms with E-state index in [9.17, 15) is 14.4 Å². The van der Waals surface area contributed by atoms with Gasteiger partial charge in [0.2, 0.25) is 11.8 Å². The van der Waals surface area contributed by atoms with Gasteiger partial charge in [-0.15, -0.1) is 0 Å². The zero-order chi connectivity index (χ0) is 24.3. The number of halogens is 1. The minimum Gasteiger partial charge on any atom is -0.368 e. The van der Waals surface area contributed by atoms with E-state index in [1.165, 1.54) is 0 Å². The van der Waals surface area contributed by atoms with Crippen LogP contribution < -0.4 is 5.73 Å². The fourth-order valence-electron chi connectivity index (χ4n) is 4.23. The Morgan fingerprint density at radius 1 is 0.765 bits per heavy atom. The number of amides is 3. The maximum absolute atomic E-state index is 13.5. The number of hydrogen-bond donors (Lipinski definition) is 1. The molecule has 7 heteroatoms. The third-order valence-corrected chi connectivity index (χ3v) is 7.14. The second-order valence-electron chi connectivity index (χ2n) is 8.50. The summed E-state index contributed by atoms with van der Waals surface area (Å²) in [4.78, 5) is 42.3. The average Bonchev–Trinajstić information content (AvgIpc) is 2.88. The molecule has 3 aromatic carbocycles. The summed E-state index contributed by atoms with van der Waals surface area (Å²) in [5, 5.41) is 0. The quantitative estimate of drug-likeness (QED) is 0.519. The molecule has 1 unspecified atom stereocenters. The van der Waals surface area contributed by atoms with Crippen molar-refractivity contribution in [1.82, 2.24) is 9.80 Å². The Balaban J connectivity index is 1.50. The third-order valence-electron chi connectivity index (χ3n) is 6.45. The average molecular weight is 520 g/mol. The lowest BCUT2D eigenvalue weighted by Crippen LogP contribution is -2.58. The predicted molar refractivity (Wildman–Crippen MR) is 135 cm³/mol. The highest BCUT2D eigenvalue weighted by atomic mass is 79.9. The van der Waals surface area contributed by atoms with Crippen molar-refractivity contribution in [2.24, 2.45) is 5.73 Å². The number of piperazine rings is 1. The smallest absolute Gasteiger partial charge is 0.255 e. The maximum Gasteiger partial charge on any atom is 0.255 e. The molecule has 34 heavy (non-hydrogen) atoms. The lowest BCUT2D eigenvalue weighted by Gasteiger charge is -2.39. The summed E-state index contributed by atoms with van der Waals surface area (Å²) < 4.78 is 0.735. The Hall–Kier alpha value is -3.45. The lowest BCUT2D eigenvalue weighted by atomic mass is 9.79. The monoisotopic (exact) mass is 519 g/mol. The zero-order valence-electron chi connectivity index (χ0n) is 18.9. The Morgan fingerprint density at radius 3 is 1.88 bits per heavy atom. The summed E-state index contributed by atoms with van der Waals surface area (Å²) in [5.74, 6) is -1.13. The molecule has 0 aromatic heterocycles. The highest BCUT2D eigenvalue weighted by Crippen LogP contribution is 2.30. The first-order valence-electron chi connectivity index (χ1n) is 11.1. The van der Waals surface area contributed by atoms with Crippen molar-refractivity contribution in [2.45, 2.75) is 12.3 Å². The van der Waals surface area contributed by atoms with Crippen LogP contribution in [0.4, 0.5) is 0 Å². The van der Waals surface area contributed by atoms with Gasteiger partial charge in [-0.3, -0.25) is 14.4 Å². The van der Waals surface area contributed by atoms with Crippen molar-refractivity contribution in [3.05, 3.63) is 94.5 Å². The fraction of sp³-hybridized carbons (Fsp3) is 0.222. The normalized spacial score (nSPS) is 15.5. The van der Waals surface area contributed by atoms with Crippen molar-refractivity contribution >= 4 is 33.7 Å². The van der Waals surface area contributed by atoms with Gasteiger partial charge in [0.05, 0.1) is 5.56 Å². The van der Waals surface area contributed by atoms with Gasteiger partial charge in [-0.25, -0.2) is 0 Å². The molecule has 1 heterocycles. The van der Waals surface area contributed by atoms with Gasteiger partial charge in [-0.05, 0) is 51.7 Å². The van der Waals surface area contributed by atoms with Gasteiger partial charge in [0.25, 0.3) is 5.91 Å².